The van der Waals surface area contributed by atoms with Gasteiger partial charge in [0, 0.05) is 18.7 Å². The maximum absolute atomic E-state index is 10.8. The molecule has 5 heteroatoms. The van der Waals surface area contributed by atoms with E-state index in [0.717, 1.165) is 6.54 Å². The molecule has 0 amide bonds. The molecule has 2 rings (SSSR count). The molecule has 1 fully saturated rings. The molecule has 1 aromatic heterocycles. The van der Waals surface area contributed by atoms with Crippen LogP contribution in [0.25, 0.3) is 0 Å². The van der Waals surface area contributed by atoms with Crippen LogP contribution in [-0.2, 0) is 6.54 Å². The zero-order valence-corrected chi connectivity index (χ0v) is 11.6. The van der Waals surface area contributed by atoms with E-state index in [1.807, 2.05) is 0 Å². The lowest BCUT2D eigenvalue weighted by Gasteiger charge is -2.29. The van der Waals surface area contributed by atoms with E-state index in [0.29, 0.717) is 24.3 Å². The van der Waals surface area contributed by atoms with E-state index in [1.165, 1.54) is 31.7 Å². The minimum atomic E-state index is -1.04. The number of carboxylic acids is 1. The molecule has 1 heterocycles. The van der Waals surface area contributed by atoms with Crippen molar-refractivity contribution < 1.29 is 14.4 Å². The predicted octanol–water partition coefficient (Wildman–Crippen LogP) is 2.77. The van der Waals surface area contributed by atoms with Crippen LogP contribution in [0, 0.1) is 5.92 Å². The molecule has 0 aromatic carbocycles. The molecular weight excluding hydrogens is 244 g/mol. The van der Waals surface area contributed by atoms with Crippen LogP contribution < -0.4 is 0 Å². The summed E-state index contributed by atoms with van der Waals surface area (Å²) in [7, 11) is 0. The number of carboxylic acid groups (broad SMARTS) is 1. The average molecular weight is 266 g/mol. The third-order valence-electron chi connectivity index (χ3n) is 3.58. The fourth-order valence-corrected chi connectivity index (χ4v) is 2.77. The quantitative estimate of drug-likeness (QED) is 0.857. The fourth-order valence-electron chi connectivity index (χ4n) is 2.77. The van der Waals surface area contributed by atoms with Crippen molar-refractivity contribution in [2.75, 3.05) is 6.54 Å². The van der Waals surface area contributed by atoms with Gasteiger partial charge in [0.05, 0.1) is 6.54 Å². The molecule has 0 bridgehead atoms. The molecule has 5 nitrogen and oxygen atoms in total. The standard InChI is InChI=1S/C14H22N2O3/c1-10(2)8-16(11-5-3-4-6-11)9-12-7-13(14(17)18)15-19-12/h7,10-11H,3-6,8-9H2,1-2H3,(H,17,18). The molecule has 0 unspecified atom stereocenters. The Balaban J connectivity index is 2.03. The number of hydrogen-bond donors (Lipinski definition) is 1. The van der Waals surface area contributed by atoms with Crippen molar-refractivity contribution in [1.29, 1.82) is 0 Å². The summed E-state index contributed by atoms with van der Waals surface area (Å²) in [5.41, 5.74) is -0.00841. The lowest BCUT2D eigenvalue weighted by atomic mass is 10.1. The van der Waals surface area contributed by atoms with Crippen LogP contribution in [0.5, 0.6) is 0 Å². The molecule has 0 aliphatic heterocycles. The molecule has 0 atom stereocenters. The van der Waals surface area contributed by atoms with Crippen LogP contribution in [0.2, 0.25) is 0 Å². The third kappa shape index (κ3) is 3.80. The van der Waals surface area contributed by atoms with Crippen molar-refractivity contribution in [3.05, 3.63) is 17.5 Å². The molecule has 1 aromatic rings. The summed E-state index contributed by atoms with van der Waals surface area (Å²) < 4.78 is 5.13. The normalized spacial score (nSPS) is 16.6. The summed E-state index contributed by atoms with van der Waals surface area (Å²) >= 11 is 0. The van der Waals surface area contributed by atoms with Gasteiger partial charge in [-0.15, -0.1) is 0 Å². The van der Waals surface area contributed by atoms with Crippen LogP contribution in [0.15, 0.2) is 10.6 Å². The summed E-state index contributed by atoms with van der Waals surface area (Å²) in [5.74, 6) is 0.193. The van der Waals surface area contributed by atoms with Gasteiger partial charge in [-0.25, -0.2) is 4.79 Å². The first-order valence-electron chi connectivity index (χ1n) is 6.99. The van der Waals surface area contributed by atoms with E-state index in [9.17, 15) is 4.79 Å². The highest BCUT2D eigenvalue weighted by Gasteiger charge is 2.24. The zero-order chi connectivity index (χ0) is 13.8. The van der Waals surface area contributed by atoms with Crippen LogP contribution in [0.1, 0.15) is 55.8 Å². The van der Waals surface area contributed by atoms with Gasteiger partial charge < -0.3 is 9.63 Å². The second kappa shape index (κ2) is 6.19. The molecule has 19 heavy (non-hydrogen) atoms. The Bertz CT molecular complexity index is 422. The molecule has 1 aliphatic carbocycles. The van der Waals surface area contributed by atoms with Crippen molar-refractivity contribution in [2.45, 2.75) is 52.1 Å². The average Bonchev–Trinajstić information content (AvgIpc) is 2.98. The Kier molecular flexibility index (Phi) is 4.58. The van der Waals surface area contributed by atoms with Crippen molar-refractivity contribution in [3.63, 3.8) is 0 Å². The van der Waals surface area contributed by atoms with Gasteiger partial charge in [0.2, 0.25) is 0 Å². The molecule has 1 aliphatic rings. The molecule has 1 saturated carbocycles. The van der Waals surface area contributed by atoms with Gasteiger partial charge in [-0.05, 0) is 18.8 Å². The molecule has 1 N–H and O–H groups in total. The largest absolute Gasteiger partial charge is 0.476 e. The second-order valence-electron chi connectivity index (χ2n) is 5.75. The smallest absolute Gasteiger partial charge is 0.358 e. The fraction of sp³-hybridized carbons (Fsp3) is 0.714. The minimum Gasteiger partial charge on any atom is -0.476 e. The lowest BCUT2D eigenvalue weighted by Crippen LogP contribution is -2.35. The van der Waals surface area contributed by atoms with Gasteiger partial charge in [-0.3, -0.25) is 4.90 Å². The molecule has 0 spiro atoms. The van der Waals surface area contributed by atoms with Gasteiger partial charge >= 0.3 is 5.97 Å². The summed E-state index contributed by atoms with van der Waals surface area (Å²) in [6.07, 6.45) is 5.03. The highest BCUT2D eigenvalue weighted by Crippen LogP contribution is 2.25. The van der Waals surface area contributed by atoms with Crippen molar-refractivity contribution in [2.24, 2.45) is 5.92 Å². The van der Waals surface area contributed by atoms with Gasteiger partial charge in [0.25, 0.3) is 0 Å². The van der Waals surface area contributed by atoms with Crippen LogP contribution in [0.4, 0.5) is 0 Å². The van der Waals surface area contributed by atoms with E-state index >= 15 is 0 Å². The van der Waals surface area contributed by atoms with Crippen molar-refractivity contribution in [1.82, 2.24) is 10.1 Å². The number of hydrogen-bond acceptors (Lipinski definition) is 4. The predicted molar refractivity (Wildman–Crippen MR) is 71.0 cm³/mol. The number of rotatable bonds is 6. The SMILES string of the molecule is CC(C)CN(Cc1cc(C(=O)O)no1)C1CCCC1. The highest BCUT2D eigenvalue weighted by molar-refractivity contribution is 5.85. The topological polar surface area (TPSA) is 66.6 Å². The minimum absolute atomic E-state index is 0.00841. The number of aromatic carboxylic acids is 1. The van der Waals surface area contributed by atoms with E-state index in [2.05, 4.69) is 23.9 Å². The Morgan fingerprint density at radius 2 is 2.21 bits per heavy atom. The summed E-state index contributed by atoms with van der Waals surface area (Å²) in [6.45, 7) is 6.06. The van der Waals surface area contributed by atoms with Crippen LogP contribution in [-0.4, -0.2) is 33.7 Å². The Hall–Kier alpha value is -1.36. The number of nitrogens with zero attached hydrogens (tertiary/aromatic N) is 2. The monoisotopic (exact) mass is 266 g/mol. The third-order valence-corrected chi connectivity index (χ3v) is 3.58. The van der Waals surface area contributed by atoms with Crippen molar-refractivity contribution in [3.8, 4) is 0 Å². The van der Waals surface area contributed by atoms with E-state index in [4.69, 9.17) is 9.63 Å². The maximum atomic E-state index is 10.8. The number of aromatic nitrogens is 1. The molecular formula is C14H22N2O3. The van der Waals surface area contributed by atoms with Gasteiger partial charge in [-0.2, -0.15) is 0 Å². The maximum Gasteiger partial charge on any atom is 0.358 e. The van der Waals surface area contributed by atoms with Crippen LogP contribution in [0.3, 0.4) is 0 Å². The summed E-state index contributed by atoms with van der Waals surface area (Å²) in [4.78, 5) is 13.2. The molecule has 0 saturated heterocycles. The lowest BCUT2D eigenvalue weighted by molar-refractivity contribution is 0.0685. The molecule has 106 valence electrons. The summed E-state index contributed by atoms with van der Waals surface area (Å²) in [6, 6.07) is 2.13. The molecule has 0 radical (unpaired) electrons. The van der Waals surface area contributed by atoms with Gasteiger partial charge in [0.15, 0.2) is 11.5 Å². The Labute approximate surface area is 113 Å². The number of carbonyl (C=O) groups is 1. The second-order valence-corrected chi connectivity index (χ2v) is 5.75. The Morgan fingerprint density at radius 1 is 1.53 bits per heavy atom. The summed E-state index contributed by atoms with van der Waals surface area (Å²) in [5, 5.41) is 12.4. The van der Waals surface area contributed by atoms with E-state index in [-0.39, 0.29) is 5.69 Å². The van der Waals surface area contributed by atoms with Crippen molar-refractivity contribution >= 4 is 5.97 Å². The first-order valence-corrected chi connectivity index (χ1v) is 6.99. The zero-order valence-electron chi connectivity index (χ0n) is 11.6. The van der Waals surface area contributed by atoms with E-state index in [1.54, 1.807) is 0 Å². The van der Waals surface area contributed by atoms with E-state index < -0.39 is 5.97 Å². The van der Waals surface area contributed by atoms with Gasteiger partial charge in [-0.1, -0.05) is 31.8 Å². The van der Waals surface area contributed by atoms with Crippen LogP contribution >= 0.6 is 0 Å². The van der Waals surface area contributed by atoms with Gasteiger partial charge in [0.1, 0.15) is 0 Å². The highest BCUT2D eigenvalue weighted by atomic mass is 16.5. The Morgan fingerprint density at radius 3 is 2.74 bits per heavy atom. The first kappa shape index (κ1) is 14.1. The first-order chi connectivity index (χ1) is 9.06.